The summed E-state index contributed by atoms with van der Waals surface area (Å²) in [6.07, 6.45) is 5.25. The van der Waals surface area contributed by atoms with Crippen molar-refractivity contribution in [1.82, 2.24) is 9.55 Å². The summed E-state index contributed by atoms with van der Waals surface area (Å²) < 4.78 is 7.31. The first kappa shape index (κ1) is 25.3. The van der Waals surface area contributed by atoms with Crippen LogP contribution in [0.15, 0.2) is 42.5 Å². The Morgan fingerprint density at radius 1 is 1.14 bits per heavy atom. The molecule has 4 atom stereocenters. The van der Waals surface area contributed by atoms with Gasteiger partial charge in [0.15, 0.2) is 0 Å². The van der Waals surface area contributed by atoms with E-state index in [0.29, 0.717) is 0 Å². The molecule has 2 aromatic carbocycles. The smallest absolute Gasteiger partial charge is 0.414 e. The van der Waals surface area contributed by atoms with Crippen LogP contribution in [0.4, 0.5) is 10.5 Å². The molecule has 1 saturated carbocycles. The molecule has 0 spiro atoms. The number of carbonyl (C=O) groups is 2. The molecule has 3 aromatic rings. The number of amides is 1. The number of anilines is 1. The van der Waals surface area contributed by atoms with Crippen LogP contribution in [0.3, 0.4) is 0 Å². The Bertz CT molecular complexity index is 1290. The molecule has 1 fully saturated rings. The summed E-state index contributed by atoms with van der Waals surface area (Å²) in [6, 6.07) is 13.4. The van der Waals surface area contributed by atoms with Crippen molar-refractivity contribution in [2.75, 3.05) is 18.6 Å². The van der Waals surface area contributed by atoms with Gasteiger partial charge in [0, 0.05) is 30.7 Å². The van der Waals surface area contributed by atoms with Gasteiger partial charge in [-0.15, -0.1) is 0 Å². The van der Waals surface area contributed by atoms with Gasteiger partial charge in [0.25, 0.3) is 0 Å². The fraction of sp³-hybridized carbons (Fsp3) is 0.483. The van der Waals surface area contributed by atoms with E-state index in [4.69, 9.17) is 9.72 Å². The molecule has 0 bridgehead atoms. The maximum atomic E-state index is 12.6. The number of nitrogens with zero attached hydrogens (tertiary/aromatic N) is 3. The van der Waals surface area contributed by atoms with Gasteiger partial charge in [-0.25, -0.2) is 9.78 Å². The highest BCUT2D eigenvalue weighted by Gasteiger charge is 2.34. The molecule has 37 heavy (non-hydrogen) atoms. The number of ether oxygens (including phenoxy) is 1. The van der Waals surface area contributed by atoms with Crippen LogP contribution < -0.4 is 4.90 Å². The summed E-state index contributed by atoms with van der Waals surface area (Å²) in [5, 5.41) is 20.1. The number of benzene rings is 2. The van der Waals surface area contributed by atoms with Crippen molar-refractivity contribution < 1.29 is 24.5 Å². The lowest BCUT2D eigenvalue weighted by molar-refractivity contribution is -0.138. The standard InChI is InChI=1S/C29H35N3O5/c1-18-11-12-22-24(31(18)29(36)37-2)13-14-25-27(22)30-26(32(25)21-10-6-7-19(15-21)17-33)16-23(28(34)35)20-8-4-3-5-9-20/h3-5,8-9,13-14,18-19,21,23,33H,6-7,10-12,15-17H2,1-2H3,(H,34,35)/t18-,19-,21-,23-/m0/s1. The number of carboxylic acids is 1. The number of aryl methyl sites for hydroxylation is 1. The largest absolute Gasteiger partial charge is 0.481 e. The molecule has 196 valence electrons. The number of carboxylic acid groups (broad SMARTS) is 1. The van der Waals surface area contributed by atoms with Crippen molar-refractivity contribution in [3.63, 3.8) is 0 Å². The molecule has 2 N–H and O–H groups in total. The third kappa shape index (κ3) is 4.70. The fourth-order valence-electron chi connectivity index (χ4n) is 6.25. The average molecular weight is 506 g/mol. The fourth-order valence-corrected chi connectivity index (χ4v) is 6.25. The first-order valence-electron chi connectivity index (χ1n) is 13.2. The molecular weight excluding hydrogens is 470 g/mol. The molecule has 1 aromatic heterocycles. The Morgan fingerprint density at radius 3 is 2.62 bits per heavy atom. The van der Waals surface area contributed by atoms with E-state index >= 15 is 0 Å². The molecule has 8 nitrogen and oxygen atoms in total. The number of hydrogen-bond acceptors (Lipinski definition) is 5. The molecule has 2 aliphatic rings. The summed E-state index contributed by atoms with van der Waals surface area (Å²) in [5.74, 6) is -0.640. The first-order chi connectivity index (χ1) is 17.9. The van der Waals surface area contributed by atoms with Gasteiger partial charge in [-0.2, -0.15) is 0 Å². The number of aliphatic hydroxyl groups excluding tert-OH is 1. The van der Waals surface area contributed by atoms with Gasteiger partial charge in [-0.05, 0) is 62.6 Å². The Kier molecular flexibility index (Phi) is 7.20. The van der Waals surface area contributed by atoms with E-state index in [-0.39, 0.29) is 37.1 Å². The molecule has 0 unspecified atom stereocenters. The molecule has 8 heteroatoms. The van der Waals surface area contributed by atoms with Gasteiger partial charge in [-0.1, -0.05) is 36.8 Å². The van der Waals surface area contributed by atoms with Gasteiger partial charge in [0.1, 0.15) is 5.82 Å². The molecule has 2 heterocycles. The predicted molar refractivity (Wildman–Crippen MR) is 141 cm³/mol. The Morgan fingerprint density at radius 2 is 1.92 bits per heavy atom. The van der Waals surface area contributed by atoms with Crippen LogP contribution in [0.2, 0.25) is 0 Å². The predicted octanol–water partition coefficient (Wildman–Crippen LogP) is 5.08. The van der Waals surface area contributed by atoms with E-state index in [0.717, 1.165) is 72.2 Å². The van der Waals surface area contributed by atoms with Crippen LogP contribution in [0.5, 0.6) is 0 Å². The molecule has 0 saturated heterocycles. The van der Waals surface area contributed by atoms with Crippen LogP contribution >= 0.6 is 0 Å². The molecule has 1 aliphatic carbocycles. The molecule has 0 radical (unpaired) electrons. The Balaban J connectivity index is 1.66. The second-order valence-corrected chi connectivity index (χ2v) is 10.4. The zero-order valence-corrected chi connectivity index (χ0v) is 21.5. The molecule has 5 rings (SSSR count). The topological polar surface area (TPSA) is 105 Å². The highest BCUT2D eigenvalue weighted by molar-refractivity contribution is 5.95. The van der Waals surface area contributed by atoms with Crippen LogP contribution in [0.25, 0.3) is 11.0 Å². The SMILES string of the molecule is COC(=O)N1c2ccc3c(nc(C[C@H](C(=O)O)c4ccccc4)n3[C@H]3CCC[C@H](CO)C3)c2CC[C@@H]1C. The van der Waals surface area contributed by atoms with E-state index in [1.165, 1.54) is 7.11 Å². The minimum absolute atomic E-state index is 0.0112. The maximum Gasteiger partial charge on any atom is 0.414 e. The lowest BCUT2D eigenvalue weighted by atomic mass is 9.85. The number of aliphatic carboxylic acids is 1. The third-order valence-corrected chi connectivity index (χ3v) is 8.16. The van der Waals surface area contributed by atoms with E-state index < -0.39 is 11.9 Å². The minimum atomic E-state index is -0.880. The summed E-state index contributed by atoms with van der Waals surface area (Å²) >= 11 is 0. The van der Waals surface area contributed by atoms with Crippen molar-refractivity contribution in [2.24, 2.45) is 5.92 Å². The van der Waals surface area contributed by atoms with E-state index in [2.05, 4.69) is 4.57 Å². The molecule has 1 aliphatic heterocycles. The first-order valence-corrected chi connectivity index (χ1v) is 13.2. The number of rotatable bonds is 6. The highest BCUT2D eigenvalue weighted by Crippen LogP contribution is 2.41. The van der Waals surface area contributed by atoms with Crippen LogP contribution in [-0.2, 0) is 22.4 Å². The summed E-state index contributed by atoms with van der Waals surface area (Å²) in [6.45, 7) is 2.17. The van der Waals surface area contributed by atoms with Gasteiger partial charge in [-0.3, -0.25) is 9.69 Å². The third-order valence-electron chi connectivity index (χ3n) is 8.16. The van der Waals surface area contributed by atoms with Crippen molar-refractivity contribution in [2.45, 2.75) is 69.9 Å². The van der Waals surface area contributed by atoms with Crippen molar-refractivity contribution >= 4 is 28.8 Å². The van der Waals surface area contributed by atoms with Crippen LogP contribution in [0, 0.1) is 5.92 Å². The van der Waals surface area contributed by atoms with Gasteiger partial charge in [0.05, 0.1) is 29.7 Å². The van der Waals surface area contributed by atoms with Gasteiger partial charge in [0.2, 0.25) is 0 Å². The number of fused-ring (bicyclic) bond motifs is 3. The summed E-state index contributed by atoms with van der Waals surface area (Å²) in [4.78, 5) is 31.8. The van der Waals surface area contributed by atoms with Crippen LogP contribution in [0.1, 0.15) is 67.9 Å². The average Bonchev–Trinajstić information content (AvgIpc) is 3.30. The number of carbonyl (C=O) groups excluding carboxylic acids is 1. The number of methoxy groups -OCH3 is 1. The van der Waals surface area contributed by atoms with Crippen LogP contribution in [-0.4, -0.2) is 51.6 Å². The second kappa shape index (κ2) is 10.5. The Hall–Kier alpha value is -3.39. The number of hydrogen-bond donors (Lipinski definition) is 2. The maximum absolute atomic E-state index is 12.6. The molecular formula is C29H35N3O5. The second-order valence-electron chi connectivity index (χ2n) is 10.4. The quantitative estimate of drug-likeness (QED) is 0.484. The lowest BCUT2D eigenvalue weighted by Crippen LogP contribution is -2.42. The van der Waals surface area contributed by atoms with E-state index in [1.807, 2.05) is 49.4 Å². The number of aromatic nitrogens is 2. The van der Waals surface area contributed by atoms with E-state index in [9.17, 15) is 19.8 Å². The van der Waals surface area contributed by atoms with E-state index in [1.54, 1.807) is 4.90 Å². The number of aliphatic hydroxyl groups is 1. The summed E-state index contributed by atoms with van der Waals surface area (Å²) in [5.41, 5.74) is 4.36. The van der Waals surface area contributed by atoms with Crippen molar-refractivity contribution in [1.29, 1.82) is 0 Å². The Labute approximate surface area is 216 Å². The lowest BCUT2D eigenvalue weighted by Gasteiger charge is -2.34. The number of imidazole rings is 1. The van der Waals surface area contributed by atoms with Crippen molar-refractivity contribution in [3.8, 4) is 0 Å². The summed E-state index contributed by atoms with van der Waals surface area (Å²) in [7, 11) is 1.39. The van der Waals surface area contributed by atoms with Gasteiger partial charge >= 0.3 is 12.1 Å². The zero-order valence-electron chi connectivity index (χ0n) is 21.5. The monoisotopic (exact) mass is 505 g/mol. The highest BCUT2D eigenvalue weighted by atomic mass is 16.5. The minimum Gasteiger partial charge on any atom is -0.481 e. The molecule has 1 amide bonds. The van der Waals surface area contributed by atoms with Crippen molar-refractivity contribution in [3.05, 3.63) is 59.4 Å². The normalized spacial score (nSPS) is 22.5. The zero-order chi connectivity index (χ0) is 26.1. The van der Waals surface area contributed by atoms with Gasteiger partial charge < -0.3 is 19.5 Å².